The van der Waals surface area contributed by atoms with Gasteiger partial charge in [-0.15, -0.1) is 0 Å². The van der Waals surface area contributed by atoms with Crippen molar-refractivity contribution in [1.29, 1.82) is 0 Å². The predicted octanol–water partition coefficient (Wildman–Crippen LogP) is 0.816. The third-order valence-electron chi connectivity index (χ3n) is 2.08. The second-order valence-corrected chi connectivity index (χ2v) is 4.27. The Morgan fingerprint density at radius 3 is 2.39 bits per heavy atom. The van der Waals surface area contributed by atoms with Crippen LogP contribution in [-0.2, 0) is 4.74 Å². The minimum atomic E-state index is 0.232. The van der Waals surface area contributed by atoms with Crippen LogP contribution in [0.4, 0.5) is 17.8 Å². The molecule has 0 bridgehead atoms. The summed E-state index contributed by atoms with van der Waals surface area (Å²) in [7, 11) is 5.56. The summed E-state index contributed by atoms with van der Waals surface area (Å²) >= 11 is 0. The third-order valence-corrected chi connectivity index (χ3v) is 2.08. The molecule has 0 spiro atoms. The Hall–Kier alpha value is -1.63. The summed E-state index contributed by atoms with van der Waals surface area (Å²) in [6, 6.07) is 0. The Morgan fingerprint density at radius 1 is 1.17 bits per heavy atom. The zero-order valence-electron chi connectivity index (χ0n) is 11.7. The summed E-state index contributed by atoms with van der Waals surface area (Å²) in [5.41, 5.74) is 0. The van der Waals surface area contributed by atoms with E-state index in [9.17, 15) is 0 Å². The molecule has 1 aromatic heterocycles. The van der Waals surface area contributed by atoms with Gasteiger partial charge in [-0.25, -0.2) is 0 Å². The number of nitrogens with zero attached hydrogens (tertiary/aromatic N) is 4. The quantitative estimate of drug-likeness (QED) is 0.697. The predicted molar refractivity (Wildman–Crippen MR) is 73.3 cm³/mol. The topological polar surface area (TPSA) is 75.2 Å². The molecule has 0 saturated carbocycles. The Bertz CT molecular complexity index is 369. The van der Waals surface area contributed by atoms with Crippen molar-refractivity contribution in [1.82, 2.24) is 15.0 Å². The molecule has 7 heteroatoms. The Labute approximate surface area is 108 Å². The first kappa shape index (κ1) is 14.4. The summed E-state index contributed by atoms with van der Waals surface area (Å²) in [5.74, 6) is 1.70. The van der Waals surface area contributed by atoms with Gasteiger partial charge in [0.25, 0.3) is 0 Å². The summed E-state index contributed by atoms with van der Waals surface area (Å²) in [6.07, 6.45) is 0.232. The fourth-order valence-electron chi connectivity index (χ4n) is 1.21. The van der Waals surface area contributed by atoms with E-state index >= 15 is 0 Å². The average molecular weight is 254 g/mol. The smallest absolute Gasteiger partial charge is 0.231 e. The van der Waals surface area contributed by atoms with Crippen LogP contribution in [0.5, 0.6) is 0 Å². The van der Waals surface area contributed by atoms with E-state index in [0.717, 1.165) is 0 Å². The van der Waals surface area contributed by atoms with Crippen LogP contribution < -0.4 is 15.5 Å². The van der Waals surface area contributed by atoms with Crippen LogP contribution in [0.15, 0.2) is 0 Å². The Kier molecular flexibility index (Phi) is 5.57. The first-order chi connectivity index (χ1) is 8.52. The summed E-state index contributed by atoms with van der Waals surface area (Å²) < 4.78 is 5.44. The summed E-state index contributed by atoms with van der Waals surface area (Å²) in [5, 5.41) is 6.03. The zero-order chi connectivity index (χ0) is 13.5. The van der Waals surface area contributed by atoms with Gasteiger partial charge in [-0.3, -0.25) is 0 Å². The second-order valence-electron chi connectivity index (χ2n) is 4.27. The van der Waals surface area contributed by atoms with Crippen LogP contribution in [0, 0.1) is 0 Å². The average Bonchev–Trinajstić information content (AvgIpc) is 2.34. The first-order valence-corrected chi connectivity index (χ1v) is 5.99. The van der Waals surface area contributed by atoms with Gasteiger partial charge in [0.1, 0.15) is 0 Å². The maximum atomic E-state index is 5.44. The van der Waals surface area contributed by atoms with Crippen LogP contribution in [0.25, 0.3) is 0 Å². The highest BCUT2D eigenvalue weighted by Crippen LogP contribution is 2.10. The van der Waals surface area contributed by atoms with E-state index in [4.69, 9.17) is 4.74 Å². The van der Waals surface area contributed by atoms with Gasteiger partial charge in [-0.05, 0) is 13.8 Å². The highest BCUT2D eigenvalue weighted by Gasteiger charge is 2.06. The molecule has 2 N–H and O–H groups in total. The minimum absolute atomic E-state index is 0.232. The van der Waals surface area contributed by atoms with Gasteiger partial charge in [-0.1, -0.05) is 0 Å². The molecular formula is C11H22N6O. The Morgan fingerprint density at radius 2 is 1.83 bits per heavy atom. The lowest BCUT2D eigenvalue weighted by Gasteiger charge is -2.13. The van der Waals surface area contributed by atoms with Crippen molar-refractivity contribution in [3.05, 3.63) is 0 Å². The van der Waals surface area contributed by atoms with E-state index < -0.39 is 0 Å². The van der Waals surface area contributed by atoms with Gasteiger partial charge in [0, 0.05) is 27.7 Å². The van der Waals surface area contributed by atoms with Crippen LogP contribution in [0.1, 0.15) is 13.8 Å². The van der Waals surface area contributed by atoms with E-state index in [2.05, 4.69) is 25.6 Å². The van der Waals surface area contributed by atoms with Gasteiger partial charge in [0.05, 0.1) is 12.7 Å². The number of hydrogen-bond donors (Lipinski definition) is 2. The zero-order valence-corrected chi connectivity index (χ0v) is 11.7. The highest BCUT2D eigenvalue weighted by atomic mass is 16.5. The standard InChI is InChI=1S/C11H22N6O/c1-8(2)18-7-6-13-10-14-9(12-3)15-11(16-10)17(4)5/h8H,6-7H2,1-5H3,(H2,12,13,14,15,16). The van der Waals surface area contributed by atoms with E-state index in [0.29, 0.717) is 31.0 Å². The molecule has 18 heavy (non-hydrogen) atoms. The molecular weight excluding hydrogens is 232 g/mol. The fourth-order valence-corrected chi connectivity index (χ4v) is 1.21. The van der Waals surface area contributed by atoms with Crippen LogP contribution in [-0.4, -0.2) is 55.4 Å². The molecule has 1 heterocycles. The molecule has 1 aromatic rings. The van der Waals surface area contributed by atoms with Crippen molar-refractivity contribution in [2.75, 3.05) is 49.8 Å². The molecule has 7 nitrogen and oxygen atoms in total. The first-order valence-electron chi connectivity index (χ1n) is 5.99. The molecule has 0 aliphatic heterocycles. The number of rotatable bonds is 7. The van der Waals surface area contributed by atoms with E-state index in [1.807, 2.05) is 32.8 Å². The summed E-state index contributed by atoms with van der Waals surface area (Å²) in [4.78, 5) is 14.6. The van der Waals surface area contributed by atoms with Crippen molar-refractivity contribution >= 4 is 17.8 Å². The lowest BCUT2D eigenvalue weighted by atomic mass is 10.5. The molecule has 0 radical (unpaired) electrons. The van der Waals surface area contributed by atoms with E-state index in [1.165, 1.54) is 0 Å². The molecule has 0 fully saturated rings. The molecule has 102 valence electrons. The van der Waals surface area contributed by atoms with Gasteiger partial charge in [0.2, 0.25) is 17.8 Å². The highest BCUT2D eigenvalue weighted by molar-refractivity contribution is 5.42. The molecule has 0 aromatic carbocycles. The molecule has 0 aliphatic carbocycles. The van der Waals surface area contributed by atoms with Gasteiger partial charge < -0.3 is 20.3 Å². The lowest BCUT2D eigenvalue weighted by Crippen LogP contribution is -2.18. The third kappa shape index (κ3) is 4.70. The fraction of sp³-hybridized carbons (Fsp3) is 0.727. The van der Waals surface area contributed by atoms with Crippen LogP contribution >= 0.6 is 0 Å². The molecule has 0 aliphatic rings. The van der Waals surface area contributed by atoms with Gasteiger partial charge >= 0.3 is 0 Å². The van der Waals surface area contributed by atoms with E-state index in [1.54, 1.807) is 7.05 Å². The monoisotopic (exact) mass is 254 g/mol. The van der Waals surface area contributed by atoms with Crippen LogP contribution in [0.3, 0.4) is 0 Å². The molecule has 1 rings (SSSR count). The number of hydrogen-bond acceptors (Lipinski definition) is 7. The number of nitrogens with one attached hydrogen (secondary N) is 2. The van der Waals surface area contributed by atoms with Crippen molar-refractivity contribution in [3.8, 4) is 0 Å². The second kappa shape index (κ2) is 6.95. The molecule has 0 saturated heterocycles. The lowest BCUT2D eigenvalue weighted by molar-refractivity contribution is 0.0870. The number of aromatic nitrogens is 3. The number of ether oxygens (including phenoxy) is 1. The van der Waals surface area contributed by atoms with Gasteiger partial charge in [0.15, 0.2) is 0 Å². The number of anilines is 3. The van der Waals surface area contributed by atoms with Crippen molar-refractivity contribution in [3.63, 3.8) is 0 Å². The largest absolute Gasteiger partial charge is 0.377 e. The maximum Gasteiger partial charge on any atom is 0.231 e. The van der Waals surface area contributed by atoms with Crippen molar-refractivity contribution in [2.45, 2.75) is 20.0 Å². The van der Waals surface area contributed by atoms with Crippen LogP contribution in [0.2, 0.25) is 0 Å². The van der Waals surface area contributed by atoms with Gasteiger partial charge in [-0.2, -0.15) is 15.0 Å². The minimum Gasteiger partial charge on any atom is -0.377 e. The van der Waals surface area contributed by atoms with Crippen molar-refractivity contribution in [2.24, 2.45) is 0 Å². The molecule has 0 atom stereocenters. The molecule has 0 unspecified atom stereocenters. The molecule has 0 amide bonds. The summed E-state index contributed by atoms with van der Waals surface area (Å²) in [6.45, 7) is 5.30. The SMILES string of the molecule is CNc1nc(NCCOC(C)C)nc(N(C)C)n1. The van der Waals surface area contributed by atoms with E-state index in [-0.39, 0.29) is 6.10 Å². The normalized spacial score (nSPS) is 10.6. The Balaban J connectivity index is 2.61. The maximum absolute atomic E-state index is 5.44. The van der Waals surface area contributed by atoms with Crippen molar-refractivity contribution < 1.29 is 4.74 Å².